The van der Waals surface area contributed by atoms with Crippen LogP contribution in [0.15, 0.2) is 72.3 Å². The number of piperazine rings is 1. The van der Waals surface area contributed by atoms with Gasteiger partial charge in [0.2, 0.25) is 0 Å². The number of aliphatic hydroxyl groups excluding tert-OH is 1. The number of carbonyl (C=O) groups is 2. The standard InChI is InChI=1S/C29H27Cl2N3O3/c1-18-4-3-5-19(16-18)26-25(27(35)20-6-11-23(30)24(31)17-20)28(36)29(37)34(26)22-9-7-21(8-10-22)33-14-12-32(2)13-15-33/h3-11,16-17,26,35H,12-15H2,1-2H3/b27-25-. The fourth-order valence-electron chi connectivity index (χ4n) is 4.94. The highest BCUT2D eigenvalue weighted by Gasteiger charge is 2.47. The van der Waals surface area contributed by atoms with E-state index in [2.05, 4.69) is 16.8 Å². The fourth-order valence-corrected chi connectivity index (χ4v) is 5.24. The van der Waals surface area contributed by atoms with Crippen molar-refractivity contribution in [1.29, 1.82) is 0 Å². The molecular formula is C29H27Cl2N3O3. The SMILES string of the molecule is Cc1cccc(C2/C(=C(/O)c3ccc(Cl)c(Cl)c3)C(=O)C(=O)N2c2ccc(N3CCN(C)CC3)cc2)c1. The summed E-state index contributed by atoms with van der Waals surface area (Å²) in [6, 6.07) is 19.1. The lowest BCUT2D eigenvalue weighted by atomic mass is 9.94. The molecule has 2 fully saturated rings. The van der Waals surface area contributed by atoms with Gasteiger partial charge in [-0.2, -0.15) is 0 Å². The van der Waals surface area contributed by atoms with Crippen molar-refractivity contribution in [2.75, 3.05) is 43.0 Å². The van der Waals surface area contributed by atoms with Gasteiger partial charge in [-0.15, -0.1) is 0 Å². The number of hydrogen-bond acceptors (Lipinski definition) is 5. The van der Waals surface area contributed by atoms with Gasteiger partial charge in [-0.1, -0.05) is 53.0 Å². The van der Waals surface area contributed by atoms with E-state index in [1.807, 2.05) is 55.5 Å². The van der Waals surface area contributed by atoms with Crippen LogP contribution in [0.25, 0.3) is 5.76 Å². The number of halogens is 2. The van der Waals surface area contributed by atoms with Crippen molar-refractivity contribution in [2.24, 2.45) is 0 Å². The second kappa shape index (κ2) is 10.2. The highest BCUT2D eigenvalue weighted by atomic mass is 35.5. The third-order valence-corrected chi connectivity index (χ3v) is 7.73. The van der Waals surface area contributed by atoms with Crippen molar-refractivity contribution in [1.82, 2.24) is 4.90 Å². The van der Waals surface area contributed by atoms with Gasteiger partial charge in [-0.25, -0.2) is 0 Å². The summed E-state index contributed by atoms with van der Waals surface area (Å²) in [5.74, 6) is -1.74. The van der Waals surface area contributed by atoms with Gasteiger partial charge in [-0.3, -0.25) is 14.5 Å². The van der Waals surface area contributed by atoms with Crippen LogP contribution in [0.1, 0.15) is 22.7 Å². The van der Waals surface area contributed by atoms with Crippen LogP contribution in [-0.2, 0) is 9.59 Å². The highest BCUT2D eigenvalue weighted by Crippen LogP contribution is 2.43. The van der Waals surface area contributed by atoms with E-state index in [9.17, 15) is 14.7 Å². The number of hydrogen-bond donors (Lipinski definition) is 1. The van der Waals surface area contributed by atoms with E-state index in [0.29, 0.717) is 16.3 Å². The Morgan fingerprint density at radius 3 is 2.19 bits per heavy atom. The second-order valence-electron chi connectivity index (χ2n) is 9.52. The maximum atomic E-state index is 13.4. The molecule has 0 saturated carbocycles. The van der Waals surface area contributed by atoms with E-state index in [4.69, 9.17) is 23.2 Å². The summed E-state index contributed by atoms with van der Waals surface area (Å²) in [6.45, 7) is 5.76. The number of ketones is 1. The summed E-state index contributed by atoms with van der Waals surface area (Å²) in [6.07, 6.45) is 0. The molecule has 2 saturated heterocycles. The van der Waals surface area contributed by atoms with Gasteiger partial charge in [0.05, 0.1) is 21.7 Å². The number of aliphatic hydroxyl groups is 1. The molecule has 1 atom stereocenters. The summed E-state index contributed by atoms with van der Waals surface area (Å²) in [4.78, 5) is 32.9. The zero-order chi connectivity index (χ0) is 26.3. The molecule has 6 nitrogen and oxygen atoms in total. The highest BCUT2D eigenvalue weighted by molar-refractivity contribution is 6.51. The summed E-state index contributed by atoms with van der Waals surface area (Å²) in [7, 11) is 2.11. The molecule has 2 aliphatic rings. The number of nitrogens with zero attached hydrogens (tertiary/aromatic N) is 3. The van der Waals surface area contributed by atoms with E-state index in [-0.39, 0.29) is 16.4 Å². The molecule has 0 spiro atoms. The van der Waals surface area contributed by atoms with E-state index in [1.165, 1.54) is 11.0 Å². The van der Waals surface area contributed by atoms with Crippen LogP contribution in [-0.4, -0.2) is 54.9 Å². The third kappa shape index (κ3) is 4.85. The smallest absolute Gasteiger partial charge is 0.300 e. The predicted octanol–water partition coefficient (Wildman–Crippen LogP) is 5.68. The van der Waals surface area contributed by atoms with Crippen LogP contribution < -0.4 is 9.80 Å². The maximum Gasteiger partial charge on any atom is 0.300 e. The molecule has 1 N–H and O–H groups in total. The lowest BCUT2D eigenvalue weighted by Crippen LogP contribution is -2.44. The monoisotopic (exact) mass is 535 g/mol. The van der Waals surface area contributed by atoms with Crippen molar-refractivity contribution in [2.45, 2.75) is 13.0 Å². The van der Waals surface area contributed by atoms with Crippen LogP contribution in [0.4, 0.5) is 11.4 Å². The molecule has 3 aromatic carbocycles. The van der Waals surface area contributed by atoms with Crippen molar-refractivity contribution in [3.05, 3.63) is 99.0 Å². The Morgan fingerprint density at radius 2 is 1.54 bits per heavy atom. The Labute approximate surface area is 226 Å². The molecule has 0 aliphatic carbocycles. The number of anilines is 2. The van der Waals surface area contributed by atoms with Gasteiger partial charge in [0.25, 0.3) is 11.7 Å². The first-order valence-corrected chi connectivity index (χ1v) is 12.9. The van der Waals surface area contributed by atoms with E-state index >= 15 is 0 Å². The summed E-state index contributed by atoms with van der Waals surface area (Å²) >= 11 is 12.2. The van der Waals surface area contributed by atoms with Crippen LogP contribution in [0.3, 0.4) is 0 Å². The average molecular weight is 536 g/mol. The molecule has 2 aliphatic heterocycles. The largest absolute Gasteiger partial charge is 0.507 e. The van der Waals surface area contributed by atoms with Gasteiger partial charge in [0.1, 0.15) is 5.76 Å². The van der Waals surface area contributed by atoms with Crippen LogP contribution in [0.5, 0.6) is 0 Å². The molecule has 0 aromatic heterocycles. The molecule has 2 heterocycles. The molecule has 1 unspecified atom stereocenters. The second-order valence-corrected chi connectivity index (χ2v) is 10.3. The Bertz CT molecular complexity index is 1400. The maximum absolute atomic E-state index is 13.4. The molecule has 190 valence electrons. The molecule has 1 amide bonds. The Morgan fingerprint density at radius 1 is 0.865 bits per heavy atom. The normalized spacial score (nSPS) is 20.1. The van der Waals surface area contributed by atoms with E-state index in [1.54, 1.807) is 12.1 Å². The zero-order valence-corrected chi connectivity index (χ0v) is 22.1. The number of carbonyl (C=O) groups excluding carboxylic acids is 2. The van der Waals surface area contributed by atoms with Crippen molar-refractivity contribution in [3.8, 4) is 0 Å². The molecule has 0 bridgehead atoms. The third-order valence-electron chi connectivity index (χ3n) is 6.99. The van der Waals surface area contributed by atoms with Crippen LogP contribution in [0, 0.1) is 6.92 Å². The Kier molecular flexibility index (Phi) is 6.99. The minimum absolute atomic E-state index is 0.0112. The predicted molar refractivity (Wildman–Crippen MR) is 149 cm³/mol. The average Bonchev–Trinajstić information content (AvgIpc) is 3.16. The van der Waals surface area contributed by atoms with Crippen molar-refractivity contribution >= 4 is 52.0 Å². The summed E-state index contributed by atoms with van der Waals surface area (Å²) < 4.78 is 0. The Hall–Kier alpha value is -3.32. The van der Waals surface area contributed by atoms with Gasteiger partial charge in [0, 0.05) is 43.1 Å². The molecular weight excluding hydrogens is 509 g/mol. The minimum atomic E-state index is -0.802. The number of likely N-dealkylation sites (N-methyl/N-ethyl adjacent to an activating group) is 1. The van der Waals surface area contributed by atoms with Crippen LogP contribution in [0.2, 0.25) is 10.0 Å². The molecule has 3 aromatic rings. The van der Waals surface area contributed by atoms with Crippen LogP contribution >= 0.6 is 23.2 Å². The number of amides is 1. The van der Waals surface area contributed by atoms with Gasteiger partial charge >= 0.3 is 0 Å². The number of aryl methyl sites for hydroxylation is 1. The summed E-state index contributed by atoms with van der Waals surface area (Å²) in [5, 5.41) is 11.9. The molecule has 0 radical (unpaired) electrons. The topological polar surface area (TPSA) is 64.1 Å². The van der Waals surface area contributed by atoms with Gasteiger partial charge in [-0.05, 0) is 62.0 Å². The first kappa shape index (κ1) is 25.3. The first-order chi connectivity index (χ1) is 17.7. The van der Waals surface area contributed by atoms with Crippen molar-refractivity contribution < 1.29 is 14.7 Å². The zero-order valence-electron chi connectivity index (χ0n) is 20.6. The van der Waals surface area contributed by atoms with Gasteiger partial charge < -0.3 is 14.9 Å². The first-order valence-electron chi connectivity index (χ1n) is 12.1. The number of Topliss-reactive ketones (excluding diaryl/α,β-unsaturated/α-hetero) is 1. The lowest BCUT2D eigenvalue weighted by molar-refractivity contribution is -0.132. The van der Waals surface area contributed by atoms with Crippen molar-refractivity contribution in [3.63, 3.8) is 0 Å². The molecule has 8 heteroatoms. The number of benzene rings is 3. The van der Waals surface area contributed by atoms with Gasteiger partial charge in [0.15, 0.2) is 0 Å². The van der Waals surface area contributed by atoms with E-state index in [0.717, 1.165) is 43.0 Å². The Balaban J connectivity index is 1.59. The minimum Gasteiger partial charge on any atom is -0.507 e. The van der Waals surface area contributed by atoms with E-state index < -0.39 is 17.7 Å². The lowest BCUT2D eigenvalue weighted by Gasteiger charge is -2.34. The summed E-state index contributed by atoms with van der Waals surface area (Å²) in [5.41, 5.74) is 3.68. The fraction of sp³-hybridized carbons (Fsp3) is 0.241. The number of rotatable bonds is 4. The molecule has 37 heavy (non-hydrogen) atoms. The quantitative estimate of drug-likeness (QED) is 0.264. The molecule has 5 rings (SSSR count).